The van der Waals surface area contributed by atoms with Gasteiger partial charge in [-0.05, 0) is 58.2 Å². The standard InChI is InChI=1S/C18H24N2/c1-13-6-5-7-17(12-13)10-8-15(3)20-18-11-9-14(2)19-16(18)4/h5-7,9,11-12,15,20H,8,10H2,1-4H3. The van der Waals surface area contributed by atoms with Crippen LogP contribution < -0.4 is 5.32 Å². The van der Waals surface area contributed by atoms with Crippen LogP contribution in [0.25, 0.3) is 0 Å². The highest BCUT2D eigenvalue weighted by Gasteiger charge is 2.06. The second-order valence-corrected chi connectivity index (χ2v) is 5.66. The summed E-state index contributed by atoms with van der Waals surface area (Å²) in [5.74, 6) is 0. The van der Waals surface area contributed by atoms with E-state index < -0.39 is 0 Å². The number of aryl methyl sites for hydroxylation is 4. The Balaban J connectivity index is 1.90. The lowest BCUT2D eigenvalue weighted by atomic mass is 10.0. The summed E-state index contributed by atoms with van der Waals surface area (Å²) in [6, 6.07) is 13.4. The minimum Gasteiger partial charge on any atom is -0.381 e. The molecule has 0 aliphatic carbocycles. The Kier molecular flexibility index (Phi) is 4.78. The average Bonchev–Trinajstić information content (AvgIpc) is 2.40. The molecule has 20 heavy (non-hydrogen) atoms. The van der Waals surface area contributed by atoms with E-state index in [4.69, 9.17) is 0 Å². The fourth-order valence-corrected chi connectivity index (χ4v) is 2.43. The summed E-state index contributed by atoms with van der Waals surface area (Å²) in [6.07, 6.45) is 2.23. The lowest BCUT2D eigenvalue weighted by Gasteiger charge is -2.17. The molecule has 2 nitrogen and oxygen atoms in total. The van der Waals surface area contributed by atoms with E-state index in [0.29, 0.717) is 6.04 Å². The first-order valence-electron chi connectivity index (χ1n) is 7.31. The summed E-state index contributed by atoms with van der Waals surface area (Å²) in [6.45, 7) is 8.46. The zero-order valence-corrected chi connectivity index (χ0v) is 12.9. The number of aromatic nitrogens is 1. The van der Waals surface area contributed by atoms with Crippen molar-refractivity contribution in [3.05, 3.63) is 58.9 Å². The van der Waals surface area contributed by atoms with E-state index in [-0.39, 0.29) is 0 Å². The van der Waals surface area contributed by atoms with E-state index in [1.807, 2.05) is 6.92 Å². The molecule has 1 unspecified atom stereocenters. The molecule has 1 aromatic carbocycles. The zero-order valence-electron chi connectivity index (χ0n) is 12.9. The van der Waals surface area contributed by atoms with E-state index in [1.165, 1.54) is 11.1 Å². The molecule has 2 heteroatoms. The van der Waals surface area contributed by atoms with Crippen molar-refractivity contribution in [3.8, 4) is 0 Å². The zero-order chi connectivity index (χ0) is 14.5. The van der Waals surface area contributed by atoms with Gasteiger partial charge >= 0.3 is 0 Å². The van der Waals surface area contributed by atoms with Gasteiger partial charge in [0.1, 0.15) is 0 Å². The van der Waals surface area contributed by atoms with Crippen LogP contribution in [0.3, 0.4) is 0 Å². The maximum atomic E-state index is 4.49. The lowest BCUT2D eigenvalue weighted by Crippen LogP contribution is -2.17. The van der Waals surface area contributed by atoms with Crippen LogP contribution in [0.5, 0.6) is 0 Å². The highest BCUT2D eigenvalue weighted by Crippen LogP contribution is 2.16. The SMILES string of the molecule is Cc1cccc(CCC(C)Nc2ccc(C)nc2C)c1. The predicted octanol–water partition coefficient (Wildman–Crippen LogP) is 4.44. The molecule has 2 aromatic rings. The Morgan fingerprint density at radius 1 is 1.10 bits per heavy atom. The van der Waals surface area contributed by atoms with Gasteiger partial charge in [0.25, 0.3) is 0 Å². The topological polar surface area (TPSA) is 24.9 Å². The number of anilines is 1. The van der Waals surface area contributed by atoms with Crippen molar-refractivity contribution < 1.29 is 0 Å². The first-order valence-corrected chi connectivity index (χ1v) is 7.31. The molecule has 0 saturated carbocycles. The van der Waals surface area contributed by atoms with E-state index in [2.05, 4.69) is 67.5 Å². The molecule has 0 bridgehead atoms. The Morgan fingerprint density at radius 2 is 1.90 bits per heavy atom. The summed E-state index contributed by atoms with van der Waals surface area (Å²) in [5, 5.41) is 3.56. The van der Waals surface area contributed by atoms with Crippen molar-refractivity contribution in [1.29, 1.82) is 0 Å². The number of rotatable bonds is 5. The molecule has 0 radical (unpaired) electrons. The van der Waals surface area contributed by atoms with E-state index in [1.54, 1.807) is 0 Å². The van der Waals surface area contributed by atoms with Crippen molar-refractivity contribution in [2.75, 3.05) is 5.32 Å². The maximum absolute atomic E-state index is 4.49. The van der Waals surface area contributed by atoms with Gasteiger partial charge in [-0.15, -0.1) is 0 Å². The van der Waals surface area contributed by atoms with Crippen molar-refractivity contribution in [2.45, 2.75) is 46.6 Å². The molecule has 2 rings (SSSR count). The molecule has 1 atom stereocenters. The van der Waals surface area contributed by atoms with Crippen LogP contribution in [0.4, 0.5) is 5.69 Å². The Labute approximate surface area is 122 Å². The van der Waals surface area contributed by atoms with Crippen LogP contribution in [0.2, 0.25) is 0 Å². The van der Waals surface area contributed by atoms with Gasteiger partial charge in [0, 0.05) is 11.7 Å². The van der Waals surface area contributed by atoms with Crippen LogP contribution in [-0.2, 0) is 6.42 Å². The van der Waals surface area contributed by atoms with Crippen LogP contribution in [-0.4, -0.2) is 11.0 Å². The van der Waals surface area contributed by atoms with Gasteiger partial charge in [-0.25, -0.2) is 0 Å². The Hall–Kier alpha value is -1.83. The number of hydrogen-bond acceptors (Lipinski definition) is 2. The number of hydrogen-bond donors (Lipinski definition) is 1. The fraction of sp³-hybridized carbons (Fsp3) is 0.389. The number of nitrogens with zero attached hydrogens (tertiary/aromatic N) is 1. The fourth-order valence-electron chi connectivity index (χ4n) is 2.43. The highest BCUT2D eigenvalue weighted by atomic mass is 14.9. The second kappa shape index (κ2) is 6.56. The molecule has 1 aromatic heterocycles. The Bertz CT molecular complexity index is 575. The Morgan fingerprint density at radius 3 is 2.60 bits per heavy atom. The minimum absolute atomic E-state index is 0.443. The van der Waals surface area contributed by atoms with Gasteiger partial charge in [-0.1, -0.05) is 29.8 Å². The van der Waals surface area contributed by atoms with Crippen molar-refractivity contribution in [2.24, 2.45) is 0 Å². The van der Waals surface area contributed by atoms with Crippen LogP contribution in [0, 0.1) is 20.8 Å². The smallest absolute Gasteiger partial charge is 0.0606 e. The first kappa shape index (κ1) is 14.6. The van der Waals surface area contributed by atoms with E-state index in [0.717, 1.165) is 29.9 Å². The molecular formula is C18H24N2. The molecule has 1 N–H and O–H groups in total. The lowest BCUT2D eigenvalue weighted by molar-refractivity contribution is 0.704. The third-order valence-electron chi connectivity index (χ3n) is 3.58. The highest BCUT2D eigenvalue weighted by molar-refractivity contribution is 5.48. The predicted molar refractivity (Wildman–Crippen MR) is 86.3 cm³/mol. The molecule has 0 amide bonds. The largest absolute Gasteiger partial charge is 0.381 e. The van der Waals surface area contributed by atoms with Crippen molar-refractivity contribution in [3.63, 3.8) is 0 Å². The van der Waals surface area contributed by atoms with Crippen LogP contribution in [0.1, 0.15) is 35.9 Å². The summed E-state index contributed by atoms with van der Waals surface area (Å²) in [5.41, 5.74) is 6.04. The van der Waals surface area contributed by atoms with Gasteiger partial charge in [0.05, 0.1) is 11.4 Å². The normalized spacial score (nSPS) is 12.2. The summed E-state index contributed by atoms with van der Waals surface area (Å²) < 4.78 is 0. The van der Waals surface area contributed by atoms with Crippen molar-refractivity contribution >= 4 is 5.69 Å². The quantitative estimate of drug-likeness (QED) is 0.867. The molecule has 0 aliphatic heterocycles. The van der Waals surface area contributed by atoms with Crippen LogP contribution in [0.15, 0.2) is 36.4 Å². The minimum atomic E-state index is 0.443. The third-order valence-corrected chi connectivity index (χ3v) is 3.58. The summed E-state index contributed by atoms with van der Waals surface area (Å²) in [4.78, 5) is 4.49. The van der Waals surface area contributed by atoms with Crippen molar-refractivity contribution in [1.82, 2.24) is 4.98 Å². The molecule has 0 spiro atoms. The molecular weight excluding hydrogens is 244 g/mol. The number of benzene rings is 1. The first-order chi connectivity index (χ1) is 9.54. The van der Waals surface area contributed by atoms with Gasteiger partial charge in [0.2, 0.25) is 0 Å². The van der Waals surface area contributed by atoms with Gasteiger partial charge < -0.3 is 5.32 Å². The molecule has 0 aliphatic rings. The van der Waals surface area contributed by atoms with E-state index >= 15 is 0 Å². The number of pyridine rings is 1. The summed E-state index contributed by atoms with van der Waals surface area (Å²) >= 11 is 0. The van der Waals surface area contributed by atoms with Crippen LogP contribution >= 0.6 is 0 Å². The molecule has 0 saturated heterocycles. The van der Waals surface area contributed by atoms with Gasteiger partial charge in [-0.2, -0.15) is 0 Å². The summed E-state index contributed by atoms with van der Waals surface area (Å²) in [7, 11) is 0. The monoisotopic (exact) mass is 268 g/mol. The van der Waals surface area contributed by atoms with Gasteiger partial charge in [0.15, 0.2) is 0 Å². The third kappa shape index (κ3) is 4.09. The molecule has 1 heterocycles. The van der Waals surface area contributed by atoms with Gasteiger partial charge in [-0.3, -0.25) is 4.98 Å². The average molecular weight is 268 g/mol. The maximum Gasteiger partial charge on any atom is 0.0606 e. The second-order valence-electron chi connectivity index (χ2n) is 5.66. The molecule has 106 valence electrons. The number of nitrogens with one attached hydrogen (secondary N) is 1. The molecule has 0 fully saturated rings. The van der Waals surface area contributed by atoms with E-state index in [9.17, 15) is 0 Å².